The van der Waals surface area contributed by atoms with E-state index in [0.717, 1.165) is 28.4 Å². The lowest BCUT2D eigenvalue weighted by Gasteiger charge is -2.23. The summed E-state index contributed by atoms with van der Waals surface area (Å²) in [5.74, 6) is -3.46. The fraction of sp³-hybridized carbons (Fsp3) is 0.167. The highest BCUT2D eigenvalue weighted by atomic mass is 35.5. The SMILES string of the molecule is CCOC(=O)c1sc(N2C(=O)C(=O)C(=C(O)c3ccc(F)cc3)[C@@H]2c2cccc(Cl)c2)nc1C. The maximum absolute atomic E-state index is 13.4. The topological polar surface area (TPSA) is 96.8 Å². The van der Waals surface area contributed by atoms with Crippen molar-refractivity contribution in [1.82, 2.24) is 4.98 Å². The van der Waals surface area contributed by atoms with Crippen LogP contribution in [0.5, 0.6) is 0 Å². The van der Waals surface area contributed by atoms with Gasteiger partial charge in [-0.15, -0.1) is 0 Å². The molecule has 0 unspecified atom stereocenters. The number of aromatic nitrogens is 1. The second-order valence-corrected chi connectivity index (χ2v) is 8.78. The molecule has 2 heterocycles. The van der Waals surface area contributed by atoms with E-state index in [-0.39, 0.29) is 27.8 Å². The minimum Gasteiger partial charge on any atom is -0.507 e. The number of Topliss-reactive ketones (excluding diaryl/α,β-unsaturated/α-hetero) is 1. The first-order valence-electron chi connectivity index (χ1n) is 10.2. The van der Waals surface area contributed by atoms with Gasteiger partial charge in [-0.25, -0.2) is 14.2 Å². The summed E-state index contributed by atoms with van der Waals surface area (Å²) in [5, 5.41) is 11.5. The van der Waals surface area contributed by atoms with Crippen LogP contribution in [0.4, 0.5) is 9.52 Å². The van der Waals surface area contributed by atoms with E-state index < -0.39 is 35.3 Å². The van der Waals surface area contributed by atoms with Crippen LogP contribution in [0, 0.1) is 12.7 Å². The predicted octanol–water partition coefficient (Wildman–Crippen LogP) is 5.05. The minimum absolute atomic E-state index is 0.0887. The van der Waals surface area contributed by atoms with E-state index >= 15 is 0 Å². The van der Waals surface area contributed by atoms with E-state index in [1.807, 2.05) is 0 Å². The van der Waals surface area contributed by atoms with Crippen molar-refractivity contribution in [3.63, 3.8) is 0 Å². The van der Waals surface area contributed by atoms with E-state index in [4.69, 9.17) is 16.3 Å². The number of anilines is 1. The zero-order chi connectivity index (χ0) is 24.6. The van der Waals surface area contributed by atoms with Crippen LogP contribution in [0.25, 0.3) is 5.76 Å². The number of aryl methyl sites for hydroxylation is 1. The lowest BCUT2D eigenvalue weighted by molar-refractivity contribution is -0.132. The lowest BCUT2D eigenvalue weighted by Crippen LogP contribution is -2.29. The molecular formula is C24H18ClFN2O5S. The largest absolute Gasteiger partial charge is 0.507 e. The normalized spacial score (nSPS) is 17.3. The highest BCUT2D eigenvalue weighted by Crippen LogP contribution is 2.44. The number of thiazole rings is 1. The second-order valence-electron chi connectivity index (χ2n) is 7.36. The number of hydrogen-bond donors (Lipinski definition) is 1. The Morgan fingerprint density at radius 2 is 1.94 bits per heavy atom. The third-order valence-corrected chi connectivity index (χ3v) is 6.55. The lowest BCUT2D eigenvalue weighted by atomic mass is 9.95. The molecule has 1 amide bonds. The number of aliphatic hydroxyl groups excluding tert-OH is 1. The molecule has 1 atom stereocenters. The predicted molar refractivity (Wildman–Crippen MR) is 125 cm³/mol. The highest BCUT2D eigenvalue weighted by Gasteiger charge is 2.48. The average Bonchev–Trinajstić information content (AvgIpc) is 3.31. The Labute approximate surface area is 203 Å². The number of hydrogen-bond acceptors (Lipinski definition) is 7. The monoisotopic (exact) mass is 500 g/mol. The second kappa shape index (κ2) is 9.36. The standard InChI is InChI=1S/C24H18ClFN2O5S/c1-3-33-23(32)21-12(2)27-24(34-21)28-18(14-5-4-6-15(25)11-14)17(20(30)22(28)31)19(29)13-7-9-16(26)10-8-13/h4-11,18,29H,3H2,1-2H3/t18-/m0/s1. The van der Waals surface area contributed by atoms with Crippen LogP contribution in [-0.2, 0) is 14.3 Å². The molecule has 0 saturated carbocycles. The number of rotatable bonds is 5. The molecule has 0 radical (unpaired) electrons. The third kappa shape index (κ3) is 4.20. The molecule has 1 fully saturated rings. The molecule has 1 saturated heterocycles. The molecule has 3 aromatic rings. The van der Waals surface area contributed by atoms with Crippen molar-refractivity contribution in [3.05, 3.63) is 86.6 Å². The van der Waals surface area contributed by atoms with Gasteiger partial charge in [0.05, 0.1) is 23.9 Å². The van der Waals surface area contributed by atoms with Crippen LogP contribution < -0.4 is 4.90 Å². The molecule has 1 aliphatic rings. The summed E-state index contributed by atoms with van der Waals surface area (Å²) < 4.78 is 18.5. The Bertz CT molecular complexity index is 1340. The molecule has 1 aliphatic heterocycles. The molecule has 2 aromatic carbocycles. The van der Waals surface area contributed by atoms with Crippen LogP contribution in [0.1, 0.15) is 39.5 Å². The molecular weight excluding hydrogens is 483 g/mol. The van der Waals surface area contributed by atoms with Crippen LogP contribution in [0.2, 0.25) is 5.02 Å². The molecule has 7 nitrogen and oxygen atoms in total. The van der Waals surface area contributed by atoms with Gasteiger partial charge in [-0.05, 0) is 55.8 Å². The summed E-state index contributed by atoms with van der Waals surface area (Å²) in [5.41, 5.74) is 0.739. The van der Waals surface area contributed by atoms with E-state index in [9.17, 15) is 23.9 Å². The fourth-order valence-electron chi connectivity index (χ4n) is 3.66. The van der Waals surface area contributed by atoms with Crippen LogP contribution in [-0.4, -0.2) is 34.4 Å². The van der Waals surface area contributed by atoms with Gasteiger partial charge < -0.3 is 9.84 Å². The Morgan fingerprint density at radius 1 is 1.24 bits per heavy atom. The van der Waals surface area contributed by atoms with Crippen LogP contribution in [0.3, 0.4) is 0 Å². The van der Waals surface area contributed by atoms with Gasteiger partial charge in [0.1, 0.15) is 16.5 Å². The third-order valence-electron chi connectivity index (χ3n) is 5.18. The van der Waals surface area contributed by atoms with Crippen molar-refractivity contribution in [1.29, 1.82) is 0 Å². The first kappa shape index (κ1) is 23.6. The van der Waals surface area contributed by atoms with Crippen molar-refractivity contribution in [2.75, 3.05) is 11.5 Å². The highest BCUT2D eigenvalue weighted by molar-refractivity contribution is 7.17. The summed E-state index contributed by atoms with van der Waals surface area (Å²) in [7, 11) is 0. The van der Waals surface area contributed by atoms with Crippen LogP contribution >= 0.6 is 22.9 Å². The zero-order valence-electron chi connectivity index (χ0n) is 18.0. The Balaban J connectivity index is 1.91. The molecule has 4 rings (SSSR count). The van der Waals surface area contributed by atoms with Crippen LogP contribution in [0.15, 0.2) is 54.1 Å². The van der Waals surface area contributed by atoms with Gasteiger partial charge in [0.15, 0.2) is 5.13 Å². The van der Waals surface area contributed by atoms with Gasteiger partial charge in [0.2, 0.25) is 0 Å². The number of ether oxygens (including phenoxy) is 1. The number of halogens is 2. The van der Waals surface area contributed by atoms with E-state index in [0.29, 0.717) is 16.3 Å². The van der Waals surface area contributed by atoms with E-state index in [1.165, 1.54) is 12.1 Å². The van der Waals surface area contributed by atoms with Gasteiger partial charge in [-0.3, -0.25) is 14.5 Å². The molecule has 0 bridgehead atoms. The fourth-order valence-corrected chi connectivity index (χ4v) is 4.84. The first-order valence-corrected chi connectivity index (χ1v) is 11.4. The van der Waals surface area contributed by atoms with Gasteiger partial charge >= 0.3 is 11.9 Å². The van der Waals surface area contributed by atoms with E-state index in [1.54, 1.807) is 38.1 Å². The maximum atomic E-state index is 13.4. The molecule has 0 aliphatic carbocycles. The summed E-state index contributed by atoms with van der Waals surface area (Å²) in [4.78, 5) is 44.3. The smallest absolute Gasteiger partial charge is 0.350 e. The number of nitrogens with zero attached hydrogens (tertiary/aromatic N) is 2. The van der Waals surface area contributed by atoms with Gasteiger partial charge in [-0.1, -0.05) is 35.1 Å². The number of carbonyl (C=O) groups excluding carboxylic acids is 3. The molecule has 10 heteroatoms. The van der Waals surface area contributed by atoms with Crippen molar-refractivity contribution in [2.24, 2.45) is 0 Å². The average molecular weight is 501 g/mol. The maximum Gasteiger partial charge on any atom is 0.350 e. The van der Waals surface area contributed by atoms with Crippen molar-refractivity contribution in [3.8, 4) is 0 Å². The van der Waals surface area contributed by atoms with E-state index in [2.05, 4.69) is 4.98 Å². The van der Waals surface area contributed by atoms with Gasteiger partial charge in [-0.2, -0.15) is 0 Å². The van der Waals surface area contributed by atoms with Crippen molar-refractivity contribution >= 4 is 51.5 Å². The number of aliphatic hydroxyl groups is 1. The molecule has 1 N–H and O–H groups in total. The zero-order valence-corrected chi connectivity index (χ0v) is 19.6. The summed E-state index contributed by atoms with van der Waals surface area (Å²) in [6.07, 6.45) is 0. The quantitative estimate of drug-likeness (QED) is 0.228. The van der Waals surface area contributed by atoms with Crippen molar-refractivity contribution < 1.29 is 28.6 Å². The number of benzene rings is 2. The minimum atomic E-state index is -1.08. The summed E-state index contributed by atoms with van der Waals surface area (Å²) in [6.45, 7) is 3.42. The molecule has 174 valence electrons. The number of carbonyl (C=O) groups is 3. The summed E-state index contributed by atoms with van der Waals surface area (Å²) in [6, 6.07) is 10.3. The Hall–Kier alpha value is -3.56. The van der Waals surface area contributed by atoms with Crippen molar-refractivity contribution in [2.45, 2.75) is 19.9 Å². The molecule has 0 spiro atoms. The molecule has 34 heavy (non-hydrogen) atoms. The number of amides is 1. The summed E-state index contributed by atoms with van der Waals surface area (Å²) >= 11 is 7.08. The van der Waals surface area contributed by atoms with Gasteiger partial charge in [0.25, 0.3) is 5.78 Å². The number of esters is 1. The molecule has 1 aromatic heterocycles. The first-order chi connectivity index (χ1) is 16.2. The number of ketones is 1. The Kier molecular flexibility index (Phi) is 6.49. The Morgan fingerprint density at radius 3 is 2.59 bits per heavy atom. The van der Waals surface area contributed by atoms with Gasteiger partial charge in [0, 0.05) is 10.6 Å².